The van der Waals surface area contributed by atoms with Gasteiger partial charge in [-0.1, -0.05) is 12.1 Å². The number of nitrogens with zero attached hydrogens (tertiary/aromatic N) is 1. The molecule has 3 rings (SSSR count). The first-order valence-electron chi connectivity index (χ1n) is 6.49. The summed E-state index contributed by atoms with van der Waals surface area (Å²) in [4.78, 5) is 12.2. The summed E-state index contributed by atoms with van der Waals surface area (Å²) in [5.74, 6) is -0.817. The molecule has 0 bridgehead atoms. The van der Waals surface area contributed by atoms with Crippen LogP contribution in [0.3, 0.4) is 0 Å². The Morgan fingerprint density at radius 2 is 2.14 bits per heavy atom. The number of allylic oxidation sites excluding steroid dienone is 1. The van der Waals surface area contributed by atoms with Crippen molar-refractivity contribution < 1.29 is 13.5 Å². The van der Waals surface area contributed by atoms with Crippen LogP contribution in [0.1, 0.15) is 22.8 Å². The van der Waals surface area contributed by atoms with Crippen molar-refractivity contribution in [3.8, 4) is 11.8 Å². The first-order valence-corrected chi connectivity index (χ1v) is 6.49. The topological polar surface area (TPSA) is 89.2 Å². The maximum atomic E-state index is 13.5. The van der Waals surface area contributed by atoms with E-state index in [0.717, 1.165) is 0 Å². The Kier molecular flexibility index (Phi) is 3.18. The Morgan fingerprint density at radius 1 is 1.36 bits per heavy atom. The fraction of sp³-hybridized carbons (Fsp3) is 0.125. The van der Waals surface area contributed by atoms with Gasteiger partial charge in [-0.3, -0.25) is 0 Å². The molecular weight excluding hydrogens is 287 g/mol. The van der Waals surface area contributed by atoms with Crippen molar-refractivity contribution >= 4 is 0 Å². The van der Waals surface area contributed by atoms with Crippen molar-refractivity contribution in [2.75, 3.05) is 0 Å². The number of aryl methyl sites for hydroxylation is 1. The van der Waals surface area contributed by atoms with Gasteiger partial charge in [0.05, 0.1) is 11.5 Å². The predicted octanol–water partition coefficient (Wildman–Crippen LogP) is 2.31. The van der Waals surface area contributed by atoms with Gasteiger partial charge in [0.2, 0.25) is 5.88 Å². The van der Waals surface area contributed by atoms with Crippen LogP contribution in [0.5, 0.6) is 5.75 Å². The standard InChI is InChI=1S/C16H11FN2O3/c1-8-5-12-14(16(20)21-8)13(11(7-18)15(19)22-12)9-3-2-4-10(17)6-9/h2-6,13H,19H2,1H3/t13-/m1/s1. The molecule has 2 heterocycles. The SMILES string of the molecule is Cc1cc2c(c(=O)o1)[C@H](c1cccc(F)c1)C(C#N)=C(N)O2. The minimum Gasteiger partial charge on any atom is -0.440 e. The number of hydrogen-bond donors (Lipinski definition) is 1. The number of ether oxygens (including phenoxy) is 1. The van der Waals surface area contributed by atoms with Gasteiger partial charge in [0.15, 0.2) is 0 Å². The number of benzene rings is 1. The Balaban J connectivity index is 2.32. The molecule has 0 amide bonds. The molecule has 0 saturated carbocycles. The molecule has 1 aromatic carbocycles. The molecule has 0 fully saturated rings. The van der Waals surface area contributed by atoms with Gasteiger partial charge in [0, 0.05) is 6.07 Å². The molecule has 1 aromatic heterocycles. The summed E-state index contributed by atoms with van der Waals surface area (Å²) >= 11 is 0. The lowest BCUT2D eigenvalue weighted by Gasteiger charge is -2.25. The molecule has 1 aliphatic rings. The van der Waals surface area contributed by atoms with E-state index in [1.165, 1.54) is 24.3 Å². The molecule has 0 saturated heterocycles. The van der Waals surface area contributed by atoms with E-state index >= 15 is 0 Å². The van der Waals surface area contributed by atoms with E-state index in [1.807, 2.05) is 6.07 Å². The molecule has 110 valence electrons. The summed E-state index contributed by atoms with van der Waals surface area (Å²) in [6.45, 7) is 1.60. The van der Waals surface area contributed by atoms with Crippen molar-refractivity contribution in [3.05, 3.63) is 74.9 Å². The number of fused-ring (bicyclic) bond motifs is 1. The van der Waals surface area contributed by atoms with E-state index in [1.54, 1.807) is 13.0 Å². The lowest BCUT2D eigenvalue weighted by atomic mass is 9.84. The third-order valence-corrected chi connectivity index (χ3v) is 3.44. The average molecular weight is 298 g/mol. The van der Waals surface area contributed by atoms with Crippen LogP contribution < -0.4 is 16.1 Å². The van der Waals surface area contributed by atoms with Gasteiger partial charge < -0.3 is 14.9 Å². The van der Waals surface area contributed by atoms with Crippen molar-refractivity contribution in [2.45, 2.75) is 12.8 Å². The number of nitrogens with two attached hydrogens (primary N) is 1. The largest absolute Gasteiger partial charge is 0.440 e. The summed E-state index contributed by atoms with van der Waals surface area (Å²) in [5, 5.41) is 9.34. The molecule has 5 nitrogen and oxygen atoms in total. The third-order valence-electron chi connectivity index (χ3n) is 3.44. The van der Waals surface area contributed by atoms with Crippen LogP contribution in [-0.4, -0.2) is 0 Å². The van der Waals surface area contributed by atoms with E-state index < -0.39 is 17.4 Å². The fourth-order valence-electron chi connectivity index (χ4n) is 2.54. The van der Waals surface area contributed by atoms with Crippen LogP contribution in [-0.2, 0) is 0 Å². The van der Waals surface area contributed by atoms with Crippen molar-refractivity contribution in [2.24, 2.45) is 5.73 Å². The lowest BCUT2D eigenvalue weighted by molar-refractivity contribution is 0.371. The van der Waals surface area contributed by atoms with Gasteiger partial charge in [-0.15, -0.1) is 0 Å². The summed E-state index contributed by atoms with van der Waals surface area (Å²) < 4.78 is 24.0. The van der Waals surface area contributed by atoms with E-state index in [4.69, 9.17) is 14.9 Å². The van der Waals surface area contributed by atoms with Gasteiger partial charge in [-0.2, -0.15) is 5.26 Å². The first-order chi connectivity index (χ1) is 10.5. The van der Waals surface area contributed by atoms with Gasteiger partial charge in [-0.25, -0.2) is 9.18 Å². The smallest absolute Gasteiger partial charge is 0.343 e. The highest BCUT2D eigenvalue weighted by molar-refractivity contribution is 5.54. The number of hydrogen-bond acceptors (Lipinski definition) is 5. The zero-order valence-corrected chi connectivity index (χ0v) is 11.6. The molecule has 2 aromatic rings. The summed E-state index contributed by atoms with van der Waals surface area (Å²) in [6, 6.07) is 9.10. The molecule has 0 radical (unpaired) electrons. The van der Waals surface area contributed by atoms with Crippen LogP contribution in [0.4, 0.5) is 4.39 Å². The molecule has 0 spiro atoms. The minimum atomic E-state index is -0.818. The van der Waals surface area contributed by atoms with Gasteiger partial charge in [0.1, 0.15) is 29.0 Å². The van der Waals surface area contributed by atoms with Crippen LogP contribution in [0.2, 0.25) is 0 Å². The van der Waals surface area contributed by atoms with Gasteiger partial charge >= 0.3 is 5.63 Å². The second-order valence-corrected chi connectivity index (χ2v) is 4.90. The van der Waals surface area contributed by atoms with Crippen LogP contribution >= 0.6 is 0 Å². The van der Waals surface area contributed by atoms with Gasteiger partial charge in [0.25, 0.3) is 0 Å². The normalized spacial score (nSPS) is 16.7. The third kappa shape index (κ3) is 2.13. The van der Waals surface area contributed by atoms with E-state index in [2.05, 4.69) is 0 Å². The molecule has 0 unspecified atom stereocenters. The Labute approximate surface area is 125 Å². The maximum absolute atomic E-state index is 13.5. The van der Waals surface area contributed by atoms with E-state index in [-0.39, 0.29) is 22.8 Å². The molecule has 2 N–H and O–H groups in total. The molecule has 22 heavy (non-hydrogen) atoms. The van der Waals surface area contributed by atoms with Gasteiger partial charge in [-0.05, 0) is 24.6 Å². The second-order valence-electron chi connectivity index (χ2n) is 4.90. The zero-order valence-electron chi connectivity index (χ0n) is 11.6. The highest BCUT2D eigenvalue weighted by atomic mass is 19.1. The number of rotatable bonds is 1. The Hall–Kier alpha value is -3.07. The molecule has 1 atom stereocenters. The summed E-state index contributed by atoms with van der Waals surface area (Å²) in [6.07, 6.45) is 0. The lowest BCUT2D eigenvalue weighted by Crippen LogP contribution is -2.26. The highest BCUT2D eigenvalue weighted by Gasteiger charge is 2.34. The zero-order chi connectivity index (χ0) is 15.9. The van der Waals surface area contributed by atoms with Crippen LogP contribution in [0.15, 0.2) is 51.0 Å². The van der Waals surface area contributed by atoms with Crippen molar-refractivity contribution in [1.29, 1.82) is 5.26 Å². The number of halogens is 1. The average Bonchev–Trinajstić information content (AvgIpc) is 2.45. The van der Waals surface area contributed by atoms with Crippen LogP contribution in [0.25, 0.3) is 0 Å². The van der Waals surface area contributed by atoms with Crippen LogP contribution in [0, 0.1) is 24.1 Å². The van der Waals surface area contributed by atoms with Crippen molar-refractivity contribution in [3.63, 3.8) is 0 Å². The molecular formula is C16H11FN2O3. The van der Waals surface area contributed by atoms with E-state index in [0.29, 0.717) is 11.3 Å². The minimum absolute atomic E-state index is 0.0502. The highest BCUT2D eigenvalue weighted by Crippen LogP contribution is 2.40. The second kappa shape index (κ2) is 5.04. The Morgan fingerprint density at radius 3 is 2.82 bits per heavy atom. The molecule has 0 aliphatic carbocycles. The maximum Gasteiger partial charge on any atom is 0.343 e. The monoisotopic (exact) mass is 298 g/mol. The summed E-state index contributed by atoms with van der Waals surface area (Å²) in [5.41, 5.74) is 5.77. The fourth-order valence-corrected chi connectivity index (χ4v) is 2.54. The summed E-state index contributed by atoms with van der Waals surface area (Å²) in [7, 11) is 0. The predicted molar refractivity (Wildman–Crippen MR) is 75.4 cm³/mol. The Bertz CT molecular complexity index is 893. The molecule has 1 aliphatic heterocycles. The van der Waals surface area contributed by atoms with E-state index in [9.17, 15) is 14.4 Å². The quantitative estimate of drug-likeness (QED) is 0.872. The number of nitriles is 1. The first kappa shape index (κ1) is 13.9. The molecule has 6 heteroatoms. The van der Waals surface area contributed by atoms with Crippen molar-refractivity contribution in [1.82, 2.24) is 0 Å².